The molecule has 0 heterocycles. The van der Waals surface area contributed by atoms with Crippen LogP contribution in [0, 0.1) is 0 Å². The fourth-order valence-electron chi connectivity index (χ4n) is 1.89. The van der Waals surface area contributed by atoms with Crippen molar-refractivity contribution in [1.82, 2.24) is 0 Å². The Morgan fingerprint density at radius 2 is 1.95 bits per heavy atom. The summed E-state index contributed by atoms with van der Waals surface area (Å²) in [4.78, 5) is 0. The molecule has 0 fully saturated rings. The van der Waals surface area contributed by atoms with E-state index in [-0.39, 0.29) is 11.5 Å². The average Bonchev–Trinajstić information content (AvgIpc) is 2.37. The van der Waals surface area contributed by atoms with Gasteiger partial charge in [0.1, 0.15) is 11.5 Å². The minimum absolute atomic E-state index is 0.0929. The highest BCUT2D eigenvalue weighted by molar-refractivity contribution is 7.91. The molecule has 1 atom stereocenters. The molecule has 1 rings (SSSR count). The second-order valence-electron chi connectivity index (χ2n) is 4.33. The molecule has 0 aromatic heterocycles. The van der Waals surface area contributed by atoms with E-state index in [4.69, 9.17) is 15.2 Å². The van der Waals surface area contributed by atoms with E-state index in [9.17, 15) is 8.42 Å². The number of benzene rings is 1. The van der Waals surface area contributed by atoms with E-state index in [1.165, 1.54) is 7.11 Å². The van der Waals surface area contributed by atoms with Crippen LogP contribution in [-0.4, -0.2) is 34.1 Å². The van der Waals surface area contributed by atoms with Gasteiger partial charge in [-0.3, -0.25) is 0 Å². The molecule has 0 amide bonds. The molecule has 108 valence electrons. The zero-order valence-corrected chi connectivity index (χ0v) is 12.4. The molecule has 2 N–H and O–H groups in total. The Bertz CT molecular complexity index is 513. The third kappa shape index (κ3) is 4.40. The molecular formula is C13H21NO4S. The smallest absolute Gasteiger partial charge is 0.152 e. The van der Waals surface area contributed by atoms with Crippen LogP contribution in [0.15, 0.2) is 18.2 Å². The Labute approximate surface area is 114 Å². The first-order valence-corrected chi connectivity index (χ1v) is 7.93. The van der Waals surface area contributed by atoms with Crippen molar-refractivity contribution in [3.8, 4) is 11.5 Å². The monoisotopic (exact) mass is 287 g/mol. The van der Waals surface area contributed by atoms with Gasteiger partial charge in [-0.05, 0) is 24.6 Å². The maximum absolute atomic E-state index is 11.8. The first-order chi connectivity index (χ1) is 8.93. The van der Waals surface area contributed by atoms with Crippen LogP contribution in [0.4, 0.5) is 0 Å². The minimum atomic E-state index is -3.14. The summed E-state index contributed by atoms with van der Waals surface area (Å²) in [6, 6.07) is 4.56. The lowest BCUT2D eigenvalue weighted by Crippen LogP contribution is -2.24. The molecule has 19 heavy (non-hydrogen) atoms. The summed E-state index contributed by atoms with van der Waals surface area (Å²) < 4.78 is 34.0. The van der Waals surface area contributed by atoms with Crippen LogP contribution in [0.2, 0.25) is 0 Å². The molecule has 0 bridgehead atoms. The van der Waals surface area contributed by atoms with Gasteiger partial charge in [-0.15, -0.1) is 0 Å². The largest absolute Gasteiger partial charge is 0.497 e. The predicted octanol–water partition coefficient (Wildman–Crippen LogP) is 1.53. The van der Waals surface area contributed by atoms with Gasteiger partial charge in [-0.2, -0.15) is 0 Å². The van der Waals surface area contributed by atoms with Gasteiger partial charge in [0, 0.05) is 17.4 Å². The second-order valence-corrected chi connectivity index (χ2v) is 6.56. The number of sulfone groups is 1. The first kappa shape index (κ1) is 15.8. The van der Waals surface area contributed by atoms with Crippen LogP contribution in [0.3, 0.4) is 0 Å². The summed E-state index contributed by atoms with van der Waals surface area (Å²) in [6.07, 6.45) is 0.588. The van der Waals surface area contributed by atoms with Crippen LogP contribution in [0.1, 0.15) is 24.9 Å². The zero-order valence-electron chi connectivity index (χ0n) is 11.5. The molecule has 0 aliphatic rings. The number of methoxy groups -OCH3 is 2. The van der Waals surface area contributed by atoms with Crippen molar-refractivity contribution in [3.05, 3.63) is 23.8 Å². The molecule has 0 aliphatic heterocycles. The van der Waals surface area contributed by atoms with Crippen LogP contribution >= 0.6 is 0 Å². The van der Waals surface area contributed by atoms with E-state index >= 15 is 0 Å². The molecule has 0 spiro atoms. The van der Waals surface area contributed by atoms with Gasteiger partial charge >= 0.3 is 0 Å². The Hall–Kier alpha value is -1.27. The highest BCUT2D eigenvalue weighted by Gasteiger charge is 2.20. The van der Waals surface area contributed by atoms with E-state index < -0.39 is 15.9 Å². The maximum atomic E-state index is 11.8. The summed E-state index contributed by atoms with van der Waals surface area (Å²) >= 11 is 0. The van der Waals surface area contributed by atoms with Gasteiger partial charge in [0.2, 0.25) is 0 Å². The van der Waals surface area contributed by atoms with Crippen molar-refractivity contribution in [2.75, 3.05) is 25.7 Å². The van der Waals surface area contributed by atoms with E-state index in [0.717, 1.165) is 0 Å². The third-order valence-corrected chi connectivity index (χ3v) is 4.68. The van der Waals surface area contributed by atoms with Gasteiger partial charge in [0.25, 0.3) is 0 Å². The van der Waals surface area contributed by atoms with E-state index in [1.54, 1.807) is 25.3 Å². The van der Waals surface area contributed by atoms with Crippen molar-refractivity contribution in [3.63, 3.8) is 0 Å². The van der Waals surface area contributed by atoms with Crippen LogP contribution in [-0.2, 0) is 9.84 Å². The van der Waals surface area contributed by atoms with Crippen LogP contribution < -0.4 is 15.2 Å². The Kier molecular flexibility index (Phi) is 5.62. The molecule has 0 saturated heterocycles. The van der Waals surface area contributed by atoms with Gasteiger partial charge in [-0.1, -0.05) is 6.92 Å². The van der Waals surface area contributed by atoms with Crippen LogP contribution in [0.25, 0.3) is 0 Å². The number of rotatable bonds is 7. The SMILES string of the molecule is CCCS(=O)(=O)CC(N)c1cc(OC)ccc1OC. The molecular weight excluding hydrogens is 266 g/mol. The summed E-state index contributed by atoms with van der Waals surface area (Å²) in [5.74, 6) is 1.25. The van der Waals surface area contributed by atoms with Gasteiger partial charge in [-0.25, -0.2) is 8.42 Å². The first-order valence-electron chi connectivity index (χ1n) is 6.11. The van der Waals surface area contributed by atoms with Crippen molar-refractivity contribution in [1.29, 1.82) is 0 Å². The van der Waals surface area contributed by atoms with Gasteiger partial charge in [0.05, 0.1) is 20.0 Å². The number of hydrogen-bond acceptors (Lipinski definition) is 5. The lowest BCUT2D eigenvalue weighted by atomic mass is 10.1. The standard InChI is InChI=1S/C13H21NO4S/c1-4-7-19(15,16)9-12(14)11-8-10(17-2)5-6-13(11)18-3/h5-6,8,12H,4,7,9,14H2,1-3H3. The van der Waals surface area contributed by atoms with E-state index in [0.29, 0.717) is 23.5 Å². The van der Waals surface area contributed by atoms with E-state index in [1.807, 2.05) is 6.92 Å². The summed E-state index contributed by atoms with van der Waals surface area (Å²) in [7, 11) is -0.0720. The van der Waals surface area contributed by atoms with Crippen LogP contribution in [0.5, 0.6) is 11.5 Å². The highest BCUT2D eigenvalue weighted by atomic mass is 32.2. The van der Waals surface area contributed by atoms with Crippen molar-refractivity contribution in [2.24, 2.45) is 5.73 Å². The van der Waals surface area contributed by atoms with Gasteiger partial charge in [0.15, 0.2) is 9.84 Å². The molecule has 5 nitrogen and oxygen atoms in total. The fourth-order valence-corrected chi connectivity index (χ4v) is 3.40. The van der Waals surface area contributed by atoms with Gasteiger partial charge < -0.3 is 15.2 Å². The highest BCUT2D eigenvalue weighted by Crippen LogP contribution is 2.29. The molecule has 0 aliphatic carbocycles. The second kappa shape index (κ2) is 6.77. The van der Waals surface area contributed by atoms with E-state index in [2.05, 4.69) is 0 Å². The predicted molar refractivity (Wildman–Crippen MR) is 75.4 cm³/mol. The Morgan fingerprint density at radius 3 is 2.47 bits per heavy atom. The Morgan fingerprint density at radius 1 is 1.26 bits per heavy atom. The molecule has 1 aromatic rings. The maximum Gasteiger partial charge on any atom is 0.152 e. The summed E-state index contributed by atoms with van der Waals surface area (Å²) in [5.41, 5.74) is 6.64. The average molecular weight is 287 g/mol. The number of nitrogens with two attached hydrogens (primary N) is 1. The zero-order chi connectivity index (χ0) is 14.5. The lowest BCUT2D eigenvalue weighted by Gasteiger charge is -2.16. The quantitative estimate of drug-likeness (QED) is 0.822. The lowest BCUT2D eigenvalue weighted by molar-refractivity contribution is 0.396. The summed E-state index contributed by atoms with van der Waals surface area (Å²) in [6.45, 7) is 1.83. The Balaban J connectivity index is 3.01. The normalized spacial score (nSPS) is 13.1. The number of ether oxygens (including phenoxy) is 2. The summed E-state index contributed by atoms with van der Waals surface area (Å²) in [5, 5.41) is 0. The molecule has 0 saturated carbocycles. The van der Waals surface area contributed by atoms with Crippen molar-refractivity contribution >= 4 is 9.84 Å². The molecule has 1 aromatic carbocycles. The topological polar surface area (TPSA) is 78.6 Å². The van der Waals surface area contributed by atoms with Crippen molar-refractivity contribution in [2.45, 2.75) is 19.4 Å². The number of hydrogen-bond donors (Lipinski definition) is 1. The minimum Gasteiger partial charge on any atom is -0.497 e. The molecule has 0 radical (unpaired) electrons. The van der Waals surface area contributed by atoms with Crippen molar-refractivity contribution < 1.29 is 17.9 Å². The third-order valence-electron chi connectivity index (χ3n) is 2.78. The molecule has 1 unspecified atom stereocenters. The fraction of sp³-hybridized carbons (Fsp3) is 0.538. The molecule has 6 heteroatoms.